The van der Waals surface area contributed by atoms with Crippen LogP contribution in [0, 0.1) is 0 Å². The van der Waals surface area contributed by atoms with Gasteiger partial charge in [0.15, 0.2) is 16.6 Å². The minimum Gasteiger partial charge on any atom is -0.490 e. The maximum Gasteiger partial charge on any atom is 0.387 e. The number of thiocarbonyl (C=S) groups is 1. The van der Waals surface area contributed by atoms with Crippen LogP contribution in [0.3, 0.4) is 0 Å². The molecule has 1 aromatic carbocycles. The number of alkyl halides is 2. The highest BCUT2D eigenvalue weighted by Gasteiger charge is 2.16. The van der Waals surface area contributed by atoms with Crippen molar-refractivity contribution in [1.29, 1.82) is 0 Å². The van der Waals surface area contributed by atoms with Gasteiger partial charge in [0.2, 0.25) is 0 Å². The smallest absolute Gasteiger partial charge is 0.387 e. The maximum atomic E-state index is 12.4. The van der Waals surface area contributed by atoms with Gasteiger partial charge in [0.1, 0.15) is 0 Å². The molecule has 10 heteroatoms. The fraction of sp³-hybridized carbons (Fsp3) is 0.500. The van der Waals surface area contributed by atoms with E-state index >= 15 is 0 Å². The Morgan fingerprint density at radius 2 is 2.19 bits per heavy atom. The third-order valence-electron chi connectivity index (χ3n) is 3.53. The molecule has 26 heavy (non-hydrogen) atoms. The Kier molecular flexibility index (Phi) is 7.79. The van der Waals surface area contributed by atoms with Gasteiger partial charge < -0.3 is 19.5 Å². The molecule has 1 aliphatic rings. The Morgan fingerprint density at radius 3 is 2.85 bits per heavy atom. The summed E-state index contributed by atoms with van der Waals surface area (Å²) < 4.78 is 39.9. The number of hydrogen-bond donors (Lipinski definition) is 3. The van der Waals surface area contributed by atoms with E-state index in [4.69, 9.17) is 21.7 Å². The van der Waals surface area contributed by atoms with E-state index in [2.05, 4.69) is 20.9 Å². The van der Waals surface area contributed by atoms with Crippen molar-refractivity contribution in [3.05, 3.63) is 23.8 Å². The summed E-state index contributed by atoms with van der Waals surface area (Å²) in [6, 6.07) is 3.92. The van der Waals surface area contributed by atoms with Crippen LogP contribution in [0.5, 0.6) is 11.5 Å². The van der Waals surface area contributed by atoms with Crippen LogP contribution < -0.4 is 25.6 Å². The number of benzene rings is 1. The molecule has 1 heterocycles. The first-order valence-electron chi connectivity index (χ1n) is 8.17. The van der Waals surface area contributed by atoms with Crippen LogP contribution >= 0.6 is 12.2 Å². The molecular formula is C16H21F2N3O4S. The van der Waals surface area contributed by atoms with Gasteiger partial charge in [0.25, 0.3) is 5.91 Å². The lowest BCUT2D eigenvalue weighted by Gasteiger charge is -2.15. The van der Waals surface area contributed by atoms with Gasteiger partial charge in [0.05, 0.1) is 12.7 Å². The van der Waals surface area contributed by atoms with Crippen molar-refractivity contribution in [2.45, 2.75) is 32.5 Å². The molecular weight excluding hydrogens is 368 g/mol. The molecule has 1 aliphatic heterocycles. The number of amides is 1. The standard InChI is InChI=1S/C16H21F2N3O4S/c1-2-23-13-8-10(5-6-12(13)25-15(17)18)14(22)20-21-16(26)19-9-11-4-3-7-24-11/h5-6,8,11,15H,2-4,7,9H2,1H3,(H,20,22)(H2,19,21,26)/t11-/m0/s1. The summed E-state index contributed by atoms with van der Waals surface area (Å²) in [5.41, 5.74) is 5.20. The van der Waals surface area contributed by atoms with E-state index < -0.39 is 12.5 Å². The topological polar surface area (TPSA) is 80.9 Å². The molecule has 0 saturated carbocycles. The Balaban J connectivity index is 1.87. The first-order chi connectivity index (χ1) is 12.5. The first kappa shape index (κ1) is 20.1. The molecule has 0 aliphatic carbocycles. The van der Waals surface area contributed by atoms with Crippen molar-refractivity contribution >= 4 is 23.2 Å². The number of carbonyl (C=O) groups excluding carboxylic acids is 1. The van der Waals surface area contributed by atoms with Crippen molar-refractivity contribution < 1.29 is 27.8 Å². The summed E-state index contributed by atoms with van der Waals surface area (Å²) in [7, 11) is 0. The van der Waals surface area contributed by atoms with Crippen LogP contribution in [-0.4, -0.2) is 43.5 Å². The first-order valence-corrected chi connectivity index (χ1v) is 8.58. The summed E-state index contributed by atoms with van der Waals surface area (Å²) in [5, 5.41) is 3.19. The summed E-state index contributed by atoms with van der Waals surface area (Å²) in [6.45, 7) is 0.244. The normalized spacial score (nSPS) is 16.2. The highest BCUT2D eigenvalue weighted by atomic mass is 32.1. The van der Waals surface area contributed by atoms with Crippen molar-refractivity contribution in [3.8, 4) is 11.5 Å². The van der Waals surface area contributed by atoms with Crippen molar-refractivity contribution in [2.24, 2.45) is 0 Å². The number of carbonyl (C=O) groups is 1. The van der Waals surface area contributed by atoms with Gasteiger partial charge in [-0.15, -0.1) is 0 Å². The Hall–Kier alpha value is -2.20. The lowest BCUT2D eigenvalue weighted by atomic mass is 10.2. The fourth-order valence-electron chi connectivity index (χ4n) is 2.35. The fourth-order valence-corrected chi connectivity index (χ4v) is 2.49. The molecule has 144 valence electrons. The molecule has 0 spiro atoms. The van der Waals surface area contributed by atoms with E-state index in [1.54, 1.807) is 6.92 Å². The molecule has 1 atom stereocenters. The monoisotopic (exact) mass is 389 g/mol. The lowest BCUT2D eigenvalue weighted by molar-refractivity contribution is -0.0514. The van der Waals surface area contributed by atoms with Gasteiger partial charge in [0, 0.05) is 18.7 Å². The molecule has 3 N–H and O–H groups in total. The number of hydrogen-bond acceptors (Lipinski definition) is 5. The largest absolute Gasteiger partial charge is 0.490 e. The van der Waals surface area contributed by atoms with E-state index in [1.807, 2.05) is 0 Å². The van der Waals surface area contributed by atoms with Gasteiger partial charge >= 0.3 is 6.61 Å². The van der Waals surface area contributed by atoms with Crippen molar-refractivity contribution in [3.63, 3.8) is 0 Å². The zero-order valence-corrected chi connectivity index (χ0v) is 15.0. The van der Waals surface area contributed by atoms with E-state index in [9.17, 15) is 13.6 Å². The molecule has 1 saturated heterocycles. The molecule has 1 fully saturated rings. The van der Waals surface area contributed by atoms with Gasteiger partial charge in [-0.05, 0) is 50.2 Å². The van der Waals surface area contributed by atoms with Gasteiger partial charge in [-0.3, -0.25) is 15.6 Å². The van der Waals surface area contributed by atoms with Crippen LogP contribution in [0.15, 0.2) is 18.2 Å². The van der Waals surface area contributed by atoms with E-state index in [0.29, 0.717) is 6.54 Å². The molecule has 1 amide bonds. The predicted molar refractivity (Wildman–Crippen MR) is 94.4 cm³/mol. The molecule has 0 bridgehead atoms. The Labute approximate surface area is 155 Å². The summed E-state index contributed by atoms with van der Waals surface area (Å²) >= 11 is 5.07. The minimum absolute atomic E-state index is 0.0551. The molecule has 0 unspecified atom stereocenters. The van der Waals surface area contributed by atoms with Gasteiger partial charge in [-0.25, -0.2) is 0 Å². The summed E-state index contributed by atoms with van der Waals surface area (Å²) in [4.78, 5) is 12.2. The number of halogens is 2. The summed E-state index contributed by atoms with van der Waals surface area (Å²) in [5.74, 6) is -0.588. The zero-order chi connectivity index (χ0) is 18.9. The summed E-state index contributed by atoms with van der Waals surface area (Å²) in [6.07, 6.45) is 2.10. The second kappa shape index (κ2) is 10.1. The van der Waals surface area contributed by atoms with E-state index in [1.165, 1.54) is 18.2 Å². The second-order valence-electron chi connectivity index (χ2n) is 5.40. The maximum absolute atomic E-state index is 12.4. The third-order valence-corrected chi connectivity index (χ3v) is 3.77. The van der Waals surface area contributed by atoms with Crippen molar-refractivity contribution in [2.75, 3.05) is 19.8 Å². The molecule has 0 radical (unpaired) electrons. The molecule has 1 aromatic rings. The Morgan fingerprint density at radius 1 is 1.38 bits per heavy atom. The number of ether oxygens (including phenoxy) is 3. The quantitative estimate of drug-likeness (QED) is 0.486. The van der Waals surface area contributed by atoms with Gasteiger partial charge in [-0.1, -0.05) is 0 Å². The van der Waals surface area contributed by atoms with Crippen LogP contribution in [-0.2, 0) is 4.74 Å². The lowest BCUT2D eigenvalue weighted by Crippen LogP contribution is -2.48. The van der Waals surface area contributed by atoms with Gasteiger partial charge in [-0.2, -0.15) is 8.78 Å². The number of nitrogens with one attached hydrogen (secondary N) is 3. The third kappa shape index (κ3) is 6.26. The average Bonchev–Trinajstić information content (AvgIpc) is 3.12. The number of hydrazine groups is 1. The van der Waals surface area contributed by atoms with Crippen LogP contribution in [0.25, 0.3) is 0 Å². The molecule has 7 nitrogen and oxygen atoms in total. The van der Waals surface area contributed by atoms with E-state index in [0.717, 1.165) is 19.4 Å². The van der Waals surface area contributed by atoms with Crippen molar-refractivity contribution in [1.82, 2.24) is 16.2 Å². The highest BCUT2D eigenvalue weighted by molar-refractivity contribution is 7.80. The predicted octanol–water partition coefficient (Wildman–Crippen LogP) is 1.97. The Bertz CT molecular complexity index is 628. The average molecular weight is 389 g/mol. The molecule has 0 aromatic heterocycles. The van der Waals surface area contributed by atoms with E-state index in [-0.39, 0.29) is 34.9 Å². The number of rotatable bonds is 7. The second-order valence-corrected chi connectivity index (χ2v) is 5.81. The zero-order valence-electron chi connectivity index (χ0n) is 14.2. The molecule has 2 rings (SSSR count). The highest BCUT2D eigenvalue weighted by Crippen LogP contribution is 2.29. The van der Waals surface area contributed by atoms with Crippen LogP contribution in [0.2, 0.25) is 0 Å². The minimum atomic E-state index is -2.98. The van der Waals surface area contributed by atoms with Crippen LogP contribution in [0.1, 0.15) is 30.1 Å². The van der Waals surface area contributed by atoms with Crippen LogP contribution in [0.4, 0.5) is 8.78 Å². The SMILES string of the molecule is CCOc1cc(C(=O)NNC(=S)NC[C@@H]2CCCO2)ccc1OC(F)F.